The number of carboxylic acids is 1. The van der Waals surface area contributed by atoms with Gasteiger partial charge in [-0.3, -0.25) is 4.72 Å². The Morgan fingerprint density at radius 1 is 1.07 bits per heavy atom. The highest BCUT2D eigenvalue weighted by molar-refractivity contribution is 7.92. The minimum Gasteiger partial charge on any atom is -0.478 e. The molecule has 2 N–H and O–H groups in total. The molecule has 3 aromatic carbocycles. The number of aryl methyl sites for hydroxylation is 1. The number of halogens is 1. The van der Waals surface area contributed by atoms with E-state index in [-0.39, 0.29) is 16.1 Å². The number of hydrogen-bond donors (Lipinski definition) is 2. The third-order valence-electron chi connectivity index (χ3n) is 4.60. The van der Waals surface area contributed by atoms with E-state index in [1.165, 1.54) is 24.3 Å². The molecule has 3 rings (SSSR count). The highest BCUT2D eigenvalue weighted by Crippen LogP contribution is 2.30. The van der Waals surface area contributed by atoms with Crippen molar-refractivity contribution < 1.29 is 22.7 Å². The lowest BCUT2D eigenvalue weighted by molar-refractivity contribution is 0.0697. The summed E-state index contributed by atoms with van der Waals surface area (Å²) in [6.45, 7) is 2.03. The standard InChI is InChI=1S/C22H21FN2O4S/c1-15-8-10-18(23)13-21(15)30(28,29)24-19-12-17(22(26)27)9-11-20(19)25(2)14-16-6-4-3-5-7-16/h3-13,24H,14H2,1-2H3,(H,26,27). The Hall–Kier alpha value is -3.39. The molecule has 0 aliphatic carbocycles. The molecular formula is C22H21FN2O4S. The van der Waals surface area contributed by atoms with Gasteiger partial charge in [0.1, 0.15) is 5.82 Å². The third-order valence-corrected chi connectivity index (χ3v) is 6.11. The van der Waals surface area contributed by atoms with Gasteiger partial charge in [-0.05, 0) is 48.4 Å². The lowest BCUT2D eigenvalue weighted by Gasteiger charge is -2.24. The van der Waals surface area contributed by atoms with Crippen molar-refractivity contribution >= 4 is 27.4 Å². The Bertz CT molecular complexity index is 1180. The molecule has 0 aliphatic heterocycles. The van der Waals surface area contributed by atoms with Gasteiger partial charge in [0.25, 0.3) is 10.0 Å². The van der Waals surface area contributed by atoms with Gasteiger partial charge >= 0.3 is 5.97 Å². The predicted molar refractivity (Wildman–Crippen MR) is 114 cm³/mol. The molecule has 0 radical (unpaired) electrons. The van der Waals surface area contributed by atoms with E-state index in [1.807, 2.05) is 30.3 Å². The first-order valence-corrected chi connectivity index (χ1v) is 10.6. The van der Waals surface area contributed by atoms with Crippen LogP contribution >= 0.6 is 0 Å². The van der Waals surface area contributed by atoms with Gasteiger partial charge in [-0.15, -0.1) is 0 Å². The van der Waals surface area contributed by atoms with Crippen molar-refractivity contribution in [3.8, 4) is 0 Å². The van der Waals surface area contributed by atoms with Crippen LogP contribution in [0.2, 0.25) is 0 Å². The zero-order valence-electron chi connectivity index (χ0n) is 16.5. The van der Waals surface area contributed by atoms with Crippen molar-refractivity contribution in [3.05, 3.63) is 89.2 Å². The zero-order valence-corrected chi connectivity index (χ0v) is 17.3. The van der Waals surface area contributed by atoms with Crippen LogP contribution in [-0.4, -0.2) is 26.5 Å². The summed E-state index contributed by atoms with van der Waals surface area (Å²) in [7, 11) is -2.38. The second-order valence-corrected chi connectivity index (χ2v) is 8.54. The molecule has 0 aliphatic rings. The third kappa shape index (κ3) is 4.77. The summed E-state index contributed by atoms with van der Waals surface area (Å²) in [6.07, 6.45) is 0. The van der Waals surface area contributed by atoms with E-state index in [1.54, 1.807) is 24.9 Å². The largest absolute Gasteiger partial charge is 0.478 e. The minimum absolute atomic E-state index is 0.0690. The average Bonchev–Trinajstić information content (AvgIpc) is 2.70. The van der Waals surface area contributed by atoms with Gasteiger partial charge in [-0.1, -0.05) is 36.4 Å². The number of rotatable bonds is 7. The summed E-state index contributed by atoms with van der Waals surface area (Å²) < 4.78 is 42.0. The van der Waals surface area contributed by atoms with Crippen LogP contribution < -0.4 is 9.62 Å². The summed E-state index contributed by atoms with van der Waals surface area (Å²) in [6, 6.07) is 17.2. The molecular weight excluding hydrogens is 407 g/mol. The molecule has 0 spiro atoms. The topological polar surface area (TPSA) is 86.7 Å². The summed E-state index contributed by atoms with van der Waals surface area (Å²) in [5.41, 5.74) is 1.88. The van der Waals surface area contributed by atoms with Crippen molar-refractivity contribution in [2.45, 2.75) is 18.4 Å². The number of carboxylic acid groups (broad SMARTS) is 1. The van der Waals surface area contributed by atoms with E-state index in [0.29, 0.717) is 17.8 Å². The monoisotopic (exact) mass is 428 g/mol. The van der Waals surface area contributed by atoms with Crippen LogP contribution in [-0.2, 0) is 16.6 Å². The fourth-order valence-electron chi connectivity index (χ4n) is 3.09. The number of carbonyl (C=O) groups is 1. The molecule has 0 heterocycles. The fraction of sp³-hybridized carbons (Fsp3) is 0.136. The molecule has 0 aromatic heterocycles. The number of nitrogens with one attached hydrogen (secondary N) is 1. The lowest BCUT2D eigenvalue weighted by atomic mass is 10.1. The van der Waals surface area contributed by atoms with Gasteiger partial charge < -0.3 is 10.0 Å². The Balaban J connectivity index is 2.02. The number of benzene rings is 3. The molecule has 0 unspecified atom stereocenters. The van der Waals surface area contributed by atoms with E-state index in [2.05, 4.69) is 4.72 Å². The zero-order chi connectivity index (χ0) is 21.9. The predicted octanol–water partition coefficient (Wildman–Crippen LogP) is 4.27. The summed E-state index contributed by atoms with van der Waals surface area (Å²) in [5.74, 6) is -1.86. The number of nitrogens with zero attached hydrogens (tertiary/aromatic N) is 1. The van der Waals surface area contributed by atoms with E-state index in [4.69, 9.17) is 0 Å². The van der Waals surface area contributed by atoms with Crippen LogP contribution in [0.1, 0.15) is 21.5 Å². The van der Waals surface area contributed by atoms with E-state index >= 15 is 0 Å². The summed E-state index contributed by atoms with van der Waals surface area (Å²) in [5, 5.41) is 9.33. The maximum absolute atomic E-state index is 13.7. The molecule has 0 saturated carbocycles. The summed E-state index contributed by atoms with van der Waals surface area (Å²) >= 11 is 0. The van der Waals surface area contributed by atoms with Crippen LogP contribution in [0.15, 0.2) is 71.6 Å². The van der Waals surface area contributed by atoms with Gasteiger partial charge in [0.15, 0.2) is 0 Å². The van der Waals surface area contributed by atoms with Gasteiger partial charge in [0.05, 0.1) is 21.8 Å². The normalized spacial score (nSPS) is 11.2. The van der Waals surface area contributed by atoms with Gasteiger partial charge in [-0.2, -0.15) is 0 Å². The second kappa shape index (κ2) is 8.54. The van der Waals surface area contributed by atoms with Gasteiger partial charge in [0.2, 0.25) is 0 Å². The molecule has 156 valence electrons. The molecule has 0 fully saturated rings. The Morgan fingerprint density at radius 2 is 1.77 bits per heavy atom. The fourth-order valence-corrected chi connectivity index (χ4v) is 4.41. The molecule has 3 aromatic rings. The molecule has 0 bridgehead atoms. The van der Waals surface area contributed by atoms with Crippen molar-refractivity contribution in [3.63, 3.8) is 0 Å². The molecule has 0 saturated heterocycles. The van der Waals surface area contributed by atoms with E-state index in [9.17, 15) is 22.7 Å². The number of anilines is 2. The number of sulfonamides is 1. The maximum atomic E-state index is 13.7. The first kappa shape index (κ1) is 21.3. The Morgan fingerprint density at radius 3 is 2.43 bits per heavy atom. The van der Waals surface area contributed by atoms with Crippen LogP contribution in [0.25, 0.3) is 0 Å². The molecule has 8 heteroatoms. The minimum atomic E-state index is -4.15. The van der Waals surface area contributed by atoms with Gasteiger partial charge in [0, 0.05) is 13.6 Å². The number of hydrogen-bond acceptors (Lipinski definition) is 4. The number of aromatic carboxylic acids is 1. The van der Waals surface area contributed by atoms with E-state index in [0.717, 1.165) is 11.6 Å². The van der Waals surface area contributed by atoms with Crippen molar-refractivity contribution in [2.24, 2.45) is 0 Å². The Labute approximate surface area is 174 Å². The first-order valence-electron chi connectivity index (χ1n) is 9.09. The molecule has 6 nitrogen and oxygen atoms in total. The van der Waals surface area contributed by atoms with Crippen LogP contribution in [0.4, 0.5) is 15.8 Å². The van der Waals surface area contributed by atoms with Gasteiger partial charge in [-0.25, -0.2) is 17.6 Å². The molecule has 0 amide bonds. The SMILES string of the molecule is Cc1ccc(F)cc1S(=O)(=O)Nc1cc(C(=O)O)ccc1N(C)Cc1ccccc1. The molecule has 30 heavy (non-hydrogen) atoms. The van der Waals surface area contributed by atoms with Crippen LogP contribution in [0.5, 0.6) is 0 Å². The van der Waals surface area contributed by atoms with E-state index < -0.39 is 21.8 Å². The highest BCUT2D eigenvalue weighted by Gasteiger charge is 2.21. The average molecular weight is 428 g/mol. The van der Waals surface area contributed by atoms with Crippen LogP contribution in [0.3, 0.4) is 0 Å². The smallest absolute Gasteiger partial charge is 0.335 e. The van der Waals surface area contributed by atoms with Crippen molar-refractivity contribution in [2.75, 3.05) is 16.7 Å². The Kier molecular flexibility index (Phi) is 6.07. The first-order chi connectivity index (χ1) is 14.2. The lowest BCUT2D eigenvalue weighted by Crippen LogP contribution is -2.21. The van der Waals surface area contributed by atoms with Crippen LogP contribution in [0, 0.1) is 12.7 Å². The summed E-state index contributed by atoms with van der Waals surface area (Å²) in [4.78, 5) is 13.0. The quantitative estimate of drug-likeness (QED) is 0.587. The molecule has 0 atom stereocenters. The van der Waals surface area contributed by atoms with Crippen molar-refractivity contribution in [1.82, 2.24) is 0 Å². The maximum Gasteiger partial charge on any atom is 0.335 e. The highest BCUT2D eigenvalue weighted by atomic mass is 32.2. The van der Waals surface area contributed by atoms with Crippen molar-refractivity contribution in [1.29, 1.82) is 0 Å². The second-order valence-electron chi connectivity index (χ2n) is 6.89.